The summed E-state index contributed by atoms with van der Waals surface area (Å²) < 4.78 is 6.05. The van der Waals surface area contributed by atoms with E-state index in [0.29, 0.717) is 25.4 Å². The van der Waals surface area contributed by atoms with E-state index in [1.165, 1.54) is 0 Å². The molecule has 0 aliphatic carbocycles. The van der Waals surface area contributed by atoms with Gasteiger partial charge in [-0.3, -0.25) is 0 Å². The fourth-order valence-corrected chi connectivity index (χ4v) is 2.05. The second kappa shape index (κ2) is 4.08. The van der Waals surface area contributed by atoms with Crippen molar-refractivity contribution >= 4 is 15.9 Å². The molecule has 0 bridgehead atoms. The number of methoxy groups -OCH3 is 1. The first-order valence-corrected chi connectivity index (χ1v) is 5.54. The second-order valence-electron chi connectivity index (χ2n) is 3.83. The fourth-order valence-electron chi connectivity index (χ4n) is 1.67. The lowest BCUT2D eigenvalue weighted by molar-refractivity contribution is -0.00955. The number of hydrogen-bond acceptors (Lipinski definition) is 4. The standard InChI is InChI=1S/C10H13BrN2O2/c1-15-9-7(2-8(11)4-13-9)3-10(14)5-12-6-10/h2,4,12,14H,3,5-6H2,1H3. The first-order chi connectivity index (χ1) is 7.13. The third kappa shape index (κ3) is 2.30. The first kappa shape index (κ1) is 10.9. The molecule has 2 N–H and O–H groups in total. The van der Waals surface area contributed by atoms with Crippen molar-refractivity contribution < 1.29 is 9.84 Å². The van der Waals surface area contributed by atoms with E-state index in [0.717, 1.165) is 10.0 Å². The van der Waals surface area contributed by atoms with Gasteiger partial charge in [0.15, 0.2) is 0 Å². The summed E-state index contributed by atoms with van der Waals surface area (Å²) in [5.74, 6) is 0.582. The Kier molecular flexibility index (Phi) is 2.95. The van der Waals surface area contributed by atoms with Crippen LogP contribution in [0.3, 0.4) is 0 Å². The third-order valence-electron chi connectivity index (χ3n) is 2.51. The van der Waals surface area contributed by atoms with Crippen LogP contribution in [-0.2, 0) is 6.42 Å². The van der Waals surface area contributed by atoms with Gasteiger partial charge in [-0.1, -0.05) is 0 Å². The van der Waals surface area contributed by atoms with Crippen molar-refractivity contribution in [3.8, 4) is 5.88 Å². The second-order valence-corrected chi connectivity index (χ2v) is 4.74. The molecule has 0 saturated carbocycles. The summed E-state index contributed by atoms with van der Waals surface area (Å²) in [7, 11) is 1.59. The van der Waals surface area contributed by atoms with Crippen molar-refractivity contribution in [1.29, 1.82) is 0 Å². The molecule has 4 nitrogen and oxygen atoms in total. The summed E-state index contributed by atoms with van der Waals surface area (Å²) in [6.45, 7) is 1.26. The van der Waals surface area contributed by atoms with Gasteiger partial charge in [0.1, 0.15) is 0 Å². The van der Waals surface area contributed by atoms with E-state index in [4.69, 9.17) is 4.74 Å². The number of pyridine rings is 1. The quantitative estimate of drug-likeness (QED) is 0.852. The van der Waals surface area contributed by atoms with Crippen LogP contribution < -0.4 is 10.1 Å². The highest BCUT2D eigenvalue weighted by atomic mass is 79.9. The Labute approximate surface area is 96.8 Å². The Bertz CT molecular complexity index is 366. The summed E-state index contributed by atoms with van der Waals surface area (Å²) in [6, 6.07) is 1.93. The maximum atomic E-state index is 10.0. The van der Waals surface area contributed by atoms with Crippen molar-refractivity contribution in [2.24, 2.45) is 0 Å². The number of aromatic nitrogens is 1. The van der Waals surface area contributed by atoms with Crippen LogP contribution in [0.2, 0.25) is 0 Å². The van der Waals surface area contributed by atoms with Gasteiger partial charge in [0.2, 0.25) is 5.88 Å². The van der Waals surface area contributed by atoms with Crippen LogP contribution >= 0.6 is 15.9 Å². The Balaban J connectivity index is 2.21. The molecule has 0 spiro atoms. The number of nitrogens with one attached hydrogen (secondary N) is 1. The van der Waals surface area contributed by atoms with E-state index < -0.39 is 5.60 Å². The number of rotatable bonds is 3. The lowest BCUT2D eigenvalue weighted by Crippen LogP contribution is -2.60. The molecule has 15 heavy (non-hydrogen) atoms. The molecule has 1 aromatic rings. The van der Waals surface area contributed by atoms with Gasteiger partial charge in [0.05, 0.1) is 12.7 Å². The van der Waals surface area contributed by atoms with Crippen molar-refractivity contribution in [3.63, 3.8) is 0 Å². The average molecular weight is 273 g/mol. The van der Waals surface area contributed by atoms with Gasteiger partial charge in [-0.2, -0.15) is 0 Å². The Hall–Kier alpha value is -0.650. The number of aliphatic hydroxyl groups is 1. The smallest absolute Gasteiger partial charge is 0.216 e. The number of hydrogen-bond donors (Lipinski definition) is 2. The zero-order chi connectivity index (χ0) is 10.9. The van der Waals surface area contributed by atoms with Crippen molar-refractivity contribution in [3.05, 3.63) is 22.3 Å². The van der Waals surface area contributed by atoms with Crippen LogP contribution in [0.5, 0.6) is 5.88 Å². The minimum atomic E-state index is -0.643. The van der Waals surface area contributed by atoms with Crippen LogP contribution in [0.1, 0.15) is 5.56 Å². The van der Waals surface area contributed by atoms with Crippen molar-refractivity contribution in [1.82, 2.24) is 10.3 Å². The topological polar surface area (TPSA) is 54.4 Å². The molecule has 82 valence electrons. The summed E-state index contributed by atoms with van der Waals surface area (Å²) in [5.41, 5.74) is 0.284. The van der Waals surface area contributed by atoms with Gasteiger partial charge in [0, 0.05) is 35.7 Å². The summed E-state index contributed by atoms with van der Waals surface area (Å²) in [6.07, 6.45) is 2.25. The molecule has 1 aliphatic heterocycles. The molecule has 1 aromatic heterocycles. The van der Waals surface area contributed by atoms with E-state index in [1.54, 1.807) is 13.3 Å². The minimum absolute atomic E-state index is 0.565. The lowest BCUT2D eigenvalue weighted by atomic mass is 9.89. The molecule has 0 atom stereocenters. The molecule has 1 aliphatic rings. The number of ether oxygens (including phenoxy) is 1. The Morgan fingerprint density at radius 1 is 1.67 bits per heavy atom. The van der Waals surface area contributed by atoms with Gasteiger partial charge >= 0.3 is 0 Å². The van der Waals surface area contributed by atoms with Gasteiger partial charge in [-0.05, 0) is 22.0 Å². The molecule has 0 amide bonds. The zero-order valence-electron chi connectivity index (χ0n) is 8.46. The highest BCUT2D eigenvalue weighted by Gasteiger charge is 2.35. The molecule has 2 heterocycles. The Morgan fingerprint density at radius 2 is 2.40 bits per heavy atom. The number of halogens is 1. The summed E-state index contributed by atoms with van der Waals surface area (Å²) >= 11 is 3.36. The lowest BCUT2D eigenvalue weighted by Gasteiger charge is -2.37. The molecule has 1 fully saturated rings. The highest BCUT2D eigenvalue weighted by molar-refractivity contribution is 9.10. The number of β-amino-alcohol motifs (C(OH)–C–C–N with tert-alkyl or cyclic N) is 1. The van der Waals surface area contributed by atoms with Crippen LogP contribution in [0.15, 0.2) is 16.7 Å². The summed E-state index contributed by atoms with van der Waals surface area (Å²) in [4.78, 5) is 4.14. The van der Waals surface area contributed by atoms with E-state index in [1.807, 2.05) is 6.07 Å². The van der Waals surface area contributed by atoms with Crippen LogP contribution in [0.25, 0.3) is 0 Å². The van der Waals surface area contributed by atoms with Crippen LogP contribution in [0.4, 0.5) is 0 Å². The Morgan fingerprint density at radius 3 is 2.93 bits per heavy atom. The van der Waals surface area contributed by atoms with Gasteiger partial charge in [-0.25, -0.2) is 4.98 Å². The number of nitrogens with zero attached hydrogens (tertiary/aromatic N) is 1. The van der Waals surface area contributed by atoms with Crippen molar-refractivity contribution in [2.75, 3.05) is 20.2 Å². The van der Waals surface area contributed by atoms with Crippen molar-refractivity contribution in [2.45, 2.75) is 12.0 Å². The third-order valence-corrected chi connectivity index (χ3v) is 2.95. The SMILES string of the molecule is COc1ncc(Br)cc1CC1(O)CNC1. The molecule has 5 heteroatoms. The fraction of sp³-hybridized carbons (Fsp3) is 0.500. The predicted molar refractivity (Wildman–Crippen MR) is 60.0 cm³/mol. The maximum absolute atomic E-state index is 10.0. The maximum Gasteiger partial charge on any atom is 0.216 e. The van der Waals surface area contributed by atoms with Gasteiger partial charge in [0.25, 0.3) is 0 Å². The van der Waals surface area contributed by atoms with Gasteiger partial charge < -0.3 is 15.2 Å². The van der Waals surface area contributed by atoms with Gasteiger partial charge in [-0.15, -0.1) is 0 Å². The summed E-state index contributed by atoms with van der Waals surface area (Å²) in [5, 5.41) is 13.1. The van der Waals surface area contributed by atoms with E-state index in [2.05, 4.69) is 26.2 Å². The molecular weight excluding hydrogens is 260 g/mol. The molecule has 1 saturated heterocycles. The largest absolute Gasteiger partial charge is 0.481 e. The molecule has 0 radical (unpaired) electrons. The van der Waals surface area contributed by atoms with E-state index in [9.17, 15) is 5.11 Å². The van der Waals surface area contributed by atoms with E-state index in [-0.39, 0.29) is 0 Å². The highest BCUT2D eigenvalue weighted by Crippen LogP contribution is 2.25. The monoisotopic (exact) mass is 272 g/mol. The normalized spacial score (nSPS) is 18.3. The predicted octanol–water partition coefficient (Wildman–Crippen LogP) is 0.729. The van der Waals surface area contributed by atoms with Crippen LogP contribution in [-0.4, -0.2) is 35.9 Å². The van der Waals surface area contributed by atoms with Crippen LogP contribution in [0, 0.1) is 0 Å². The molecule has 0 aromatic carbocycles. The first-order valence-electron chi connectivity index (χ1n) is 4.74. The molecular formula is C10H13BrN2O2. The van der Waals surface area contributed by atoms with E-state index >= 15 is 0 Å². The molecule has 2 rings (SSSR count). The average Bonchev–Trinajstić information content (AvgIpc) is 2.16. The zero-order valence-corrected chi connectivity index (χ0v) is 10.0. The minimum Gasteiger partial charge on any atom is -0.481 e. The molecule has 0 unspecified atom stereocenters.